The van der Waals surface area contributed by atoms with Crippen molar-refractivity contribution in [2.75, 3.05) is 6.54 Å². The van der Waals surface area contributed by atoms with Crippen molar-refractivity contribution in [2.24, 2.45) is 0 Å². The second-order valence-electron chi connectivity index (χ2n) is 6.68. The molecule has 1 amide bonds. The lowest BCUT2D eigenvalue weighted by Gasteiger charge is -2.12. The van der Waals surface area contributed by atoms with Crippen LogP contribution in [-0.2, 0) is 4.79 Å². The Bertz CT molecular complexity index is 955. The highest BCUT2D eigenvalue weighted by molar-refractivity contribution is 8.00. The van der Waals surface area contributed by atoms with E-state index in [1.54, 1.807) is 0 Å². The number of nitrogens with zero attached hydrogens (tertiary/aromatic N) is 3. The molecule has 144 valence electrons. The molecule has 5 nitrogen and oxygen atoms in total. The summed E-state index contributed by atoms with van der Waals surface area (Å²) in [4.78, 5) is 16.8. The SMILES string of the molecule is CCNC(=O)[C@@H](C)Sc1nnc(-c2ccc(C)cc2)c(-c2ccc(C)cc2)n1. The summed E-state index contributed by atoms with van der Waals surface area (Å²) >= 11 is 1.31. The second kappa shape index (κ2) is 8.97. The molecule has 0 aliphatic heterocycles. The van der Waals surface area contributed by atoms with E-state index < -0.39 is 0 Å². The maximum absolute atomic E-state index is 12.1. The minimum Gasteiger partial charge on any atom is -0.355 e. The molecule has 0 spiro atoms. The summed E-state index contributed by atoms with van der Waals surface area (Å²) in [6, 6.07) is 16.4. The van der Waals surface area contributed by atoms with Crippen LogP contribution in [0.1, 0.15) is 25.0 Å². The van der Waals surface area contributed by atoms with E-state index in [4.69, 9.17) is 4.98 Å². The number of carbonyl (C=O) groups is 1. The third kappa shape index (κ3) is 4.75. The number of hydrogen-bond acceptors (Lipinski definition) is 5. The van der Waals surface area contributed by atoms with E-state index in [0.717, 1.165) is 22.5 Å². The first-order valence-electron chi connectivity index (χ1n) is 9.31. The fourth-order valence-corrected chi connectivity index (χ4v) is 3.45. The number of carbonyl (C=O) groups excluding carboxylic acids is 1. The van der Waals surface area contributed by atoms with Crippen LogP contribution in [0.25, 0.3) is 22.5 Å². The number of nitrogens with one attached hydrogen (secondary N) is 1. The number of thioether (sulfide) groups is 1. The van der Waals surface area contributed by atoms with Gasteiger partial charge in [-0.25, -0.2) is 4.98 Å². The van der Waals surface area contributed by atoms with Gasteiger partial charge in [0.2, 0.25) is 11.1 Å². The first kappa shape index (κ1) is 20.0. The van der Waals surface area contributed by atoms with E-state index in [1.165, 1.54) is 22.9 Å². The Hall–Kier alpha value is -2.73. The van der Waals surface area contributed by atoms with Gasteiger partial charge >= 0.3 is 0 Å². The van der Waals surface area contributed by atoms with Crippen LogP contribution in [-0.4, -0.2) is 32.9 Å². The van der Waals surface area contributed by atoms with Gasteiger partial charge in [-0.3, -0.25) is 4.79 Å². The summed E-state index contributed by atoms with van der Waals surface area (Å²) in [6.07, 6.45) is 0. The van der Waals surface area contributed by atoms with Crippen LogP contribution >= 0.6 is 11.8 Å². The van der Waals surface area contributed by atoms with Gasteiger partial charge in [0, 0.05) is 17.7 Å². The molecule has 1 N–H and O–H groups in total. The van der Waals surface area contributed by atoms with Crippen LogP contribution in [0.3, 0.4) is 0 Å². The largest absolute Gasteiger partial charge is 0.355 e. The fourth-order valence-electron chi connectivity index (χ4n) is 2.71. The first-order chi connectivity index (χ1) is 13.5. The average molecular weight is 393 g/mol. The zero-order valence-electron chi connectivity index (χ0n) is 16.6. The number of aryl methyl sites for hydroxylation is 2. The van der Waals surface area contributed by atoms with Crippen LogP contribution in [0.4, 0.5) is 0 Å². The molecular weight excluding hydrogens is 368 g/mol. The zero-order chi connectivity index (χ0) is 20.1. The number of amides is 1. The molecule has 0 unspecified atom stereocenters. The predicted molar refractivity (Wildman–Crippen MR) is 114 cm³/mol. The van der Waals surface area contributed by atoms with Crippen LogP contribution < -0.4 is 5.32 Å². The molecule has 0 fully saturated rings. The fraction of sp³-hybridized carbons (Fsp3) is 0.273. The molecule has 0 saturated heterocycles. The topological polar surface area (TPSA) is 67.8 Å². The lowest BCUT2D eigenvalue weighted by Crippen LogP contribution is -2.30. The number of benzene rings is 2. The highest BCUT2D eigenvalue weighted by Gasteiger charge is 2.18. The van der Waals surface area contributed by atoms with Gasteiger partial charge in [-0.2, -0.15) is 0 Å². The maximum atomic E-state index is 12.1. The standard InChI is InChI=1S/C22H24N4OS/c1-5-23-21(27)16(4)28-22-24-19(17-10-6-14(2)7-11-17)20(25-26-22)18-12-8-15(3)9-13-18/h6-13,16H,5H2,1-4H3,(H,23,27)/t16-/m1/s1. The van der Waals surface area contributed by atoms with Crippen LogP contribution in [0.2, 0.25) is 0 Å². The van der Waals surface area contributed by atoms with Crippen molar-refractivity contribution in [3.05, 3.63) is 59.7 Å². The summed E-state index contributed by atoms with van der Waals surface area (Å²) in [6.45, 7) is 8.46. The minimum atomic E-state index is -0.294. The quantitative estimate of drug-likeness (QED) is 0.628. The molecule has 1 aromatic heterocycles. The second-order valence-corrected chi connectivity index (χ2v) is 7.99. The van der Waals surface area contributed by atoms with Gasteiger partial charge in [0.05, 0.1) is 5.25 Å². The Balaban J connectivity index is 2.02. The summed E-state index contributed by atoms with van der Waals surface area (Å²) in [5.41, 5.74) is 5.81. The first-order valence-corrected chi connectivity index (χ1v) is 10.2. The summed E-state index contributed by atoms with van der Waals surface area (Å²) < 4.78 is 0. The molecule has 28 heavy (non-hydrogen) atoms. The summed E-state index contributed by atoms with van der Waals surface area (Å²) in [5.74, 6) is -0.0319. The van der Waals surface area contributed by atoms with E-state index in [1.807, 2.05) is 38.1 Å². The molecule has 1 atom stereocenters. The molecule has 3 rings (SSSR count). The van der Waals surface area contributed by atoms with E-state index in [9.17, 15) is 4.79 Å². The highest BCUT2D eigenvalue weighted by Crippen LogP contribution is 2.31. The Morgan fingerprint density at radius 3 is 2.00 bits per heavy atom. The lowest BCUT2D eigenvalue weighted by molar-refractivity contribution is -0.120. The van der Waals surface area contributed by atoms with Gasteiger partial charge in [-0.05, 0) is 27.7 Å². The van der Waals surface area contributed by atoms with Crippen LogP contribution in [0.15, 0.2) is 53.7 Å². The predicted octanol–water partition coefficient (Wildman–Crippen LogP) is 4.44. The van der Waals surface area contributed by atoms with Crippen LogP contribution in [0, 0.1) is 13.8 Å². The zero-order valence-corrected chi connectivity index (χ0v) is 17.4. The smallest absolute Gasteiger partial charge is 0.233 e. The maximum Gasteiger partial charge on any atom is 0.233 e. The third-order valence-corrected chi connectivity index (χ3v) is 5.27. The summed E-state index contributed by atoms with van der Waals surface area (Å²) in [7, 11) is 0. The van der Waals surface area contributed by atoms with E-state index in [0.29, 0.717) is 11.7 Å². The minimum absolute atomic E-state index is 0.0319. The van der Waals surface area contributed by atoms with Gasteiger partial charge in [-0.1, -0.05) is 71.4 Å². The molecule has 2 aromatic carbocycles. The van der Waals surface area contributed by atoms with Gasteiger partial charge in [-0.15, -0.1) is 10.2 Å². The normalized spacial score (nSPS) is 11.9. The number of hydrogen-bond donors (Lipinski definition) is 1. The Kier molecular flexibility index (Phi) is 6.41. The Labute approximate surface area is 170 Å². The molecule has 1 heterocycles. The summed E-state index contributed by atoms with van der Waals surface area (Å²) in [5, 5.41) is 11.8. The van der Waals surface area contributed by atoms with Crippen molar-refractivity contribution in [3.63, 3.8) is 0 Å². The monoisotopic (exact) mass is 392 g/mol. The number of rotatable bonds is 6. The van der Waals surface area contributed by atoms with Crippen LogP contribution in [0.5, 0.6) is 0 Å². The van der Waals surface area contributed by atoms with Crippen molar-refractivity contribution >= 4 is 17.7 Å². The molecule has 0 saturated carbocycles. The molecule has 3 aromatic rings. The van der Waals surface area contributed by atoms with Crippen molar-refractivity contribution in [1.82, 2.24) is 20.5 Å². The van der Waals surface area contributed by atoms with Gasteiger partial charge < -0.3 is 5.32 Å². The lowest BCUT2D eigenvalue weighted by atomic mass is 10.0. The molecular formula is C22H24N4OS. The van der Waals surface area contributed by atoms with E-state index in [-0.39, 0.29) is 11.2 Å². The molecule has 0 aliphatic rings. The van der Waals surface area contributed by atoms with Gasteiger partial charge in [0.15, 0.2) is 0 Å². The van der Waals surface area contributed by atoms with Gasteiger partial charge in [0.25, 0.3) is 0 Å². The highest BCUT2D eigenvalue weighted by atomic mass is 32.2. The Morgan fingerprint density at radius 2 is 1.46 bits per heavy atom. The average Bonchev–Trinajstić information content (AvgIpc) is 2.69. The molecule has 6 heteroatoms. The third-order valence-electron chi connectivity index (χ3n) is 4.32. The molecule has 0 bridgehead atoms. The van der Waals surface area contributed by atoms with E-state index >= 15 is 0 Å². The molecule has 0 radical (unpaired) electrons. The van der Waals surface area contributed by atoms with Crippen molar-refractivity contribution in [2.45, 2.75) is 38.1 Å². The van der Waals surface area contributed by atoms with Crippen molar-refractivity contribution in [3.8, 4) is 22.5 Å². The number of aromatic nitrogens is 3. The molecule has 0 aliphatic carbocycles. The van der Waals surface area contributed by atoms with Gasteiger partial charge in [0.1, 0.15) is 11.4 Å². The van der Waals surface area contributed by atoms with E-state index in [2.05, 4.69) is 53.6 Å². The van der Waals surface area contributed by atoms with Crippen molar-refractivity contribution < 1.29 is 4.79 Å². The van der Waals surface area contributed by atoms with Crippen molar-refractivity contribution in [1.29, 1.82) is 0 Å². The Morgan fingerprint density at radius 1 is 0.929 bits per heavy atom.